The van der Waals surface area contributed by atoms with Gasteiger partial charge in [0.25, 0.3) is 11.2 Å². The Labute approximate surface area is 102 Å². The molecule has 0 fully saturated rings. The van der Waals surface area contributed by atoms with Crippen LogP contribution in [0.25, 0.3) is 10.9 Å². The maximum atomic E-state index is 12.6. The first-order valence-corrected chi connectivity index (χ1v) is 4.75. The van der Waals surface area contributed by atoms with Gasteiger partial charge in [-0.2, -0.15) is 13.2 Å². The number of aromatic amines is 1. The van der Waals surface area contributed by atoms with Gasteiger partial charge in [0.05, 0.1) is 15.9 Å². The number of halogens is 3. The van der Waals surface area contributed by atoms with Crippen LogP contribution in [0.5, 0.6) is 0 Å². The van der Waals surface area contributed by atoms with E-state index in [9.17, 15) is 28.1 Å². The minimum Gasteiger partial charge on any atom is -0.369 e. The average molecular weight is 274 g/mol. The number of nitrogens with one attached hydrogen (secondary N) is 1. The molecule has 0 aliphatic heterocycles. The number of fused-ring (bicyclic) bond motifs is 1. The number of H-pyrrole nitrogens is 1. The van der Waals surface area contributed by atoms with Crippen molar-refractivity contribution in [2.45, 2.75) is 6.18 Å². The van der Waals surface area contributed by atoms with Crippen molar-refractivity contribution in [2.24, 2.45) is 0 Å². The molecule has 1 aromatic carbocycles. The summed E-state index contributed by atoms with van der Waals surface area (Å²) < 4.78 is 37.8. The van der Waals surface area contributed by atoms with Crippen LogP contribution >= 0.6 is 0 Å². The van der Waals surface area contributed by atoms with E-state index in [-0.39, 0.29) is 0 Å². The summed E-state index contributed by atoms with van der Waals surface area (Å²) >= 11 is 0. The Kier molecular flexibility index (Phi) is 2.65. The summed E-state index contributed by atoms with van der Waals surface area (Å²) in [5, 5.41) is 10.2. The van der Waals surface area contributed by atoms with E-state index in [1.54, 1.807) is 0 Å². The van der Waals surface area contributed by atoms with Gasteiger partial charge in [0.15, 0.2) is 5.52 Å². The van der Waals surface area contributed by atoms with Crippen LogP contribution in [0.2, 0.25) is 0 Å². The van der Waals surface area contributed by atoms with Crippen LogP contribution in [-0.2, 0) is 6.18 Å². The number of alkyl halides is 3. The Hall–Kier alpha value is -2.65. The summed E-state index contributed by atoms with van der Waals surface area (Å²) in [6.45, 7) is 0. The quantitative estimate of drug-likeness (QED) is 0.603. The molecule has 3 N–H and O–H groups in total. The summed E-state index contributed by atoms with van der Waals surface area (Å²) in [6.07, 6.45) is -4.81. The van der Waals surface area contributed by atoms with Crippen LogP contribution in [0.3, 0.4) is 0 Å². The van der Waals surface area contributed by atoms with Gasteiger partial charge in [0, 0.05) is 6.07 Å². The predicted octanol–water partition coefficient (Wildman–Crippen LogP) is 1.43. The number of benzene rings is 1. The van der Waals surface area contributed by atoms with Crippen LogP contribution in [0.1, 0.15) is 5.56 Å². The molecule has 0 saturated heterocycles. The Bertz CT molecular complexity index is 738. The number of hydrogen-bond acceptors (Lipinski definition) is 5. The summed E-state index contributed by atoms with van der Waals surface area (Å²) in [4.78, 5) is 26.7. The number of nitro benzene ring substituents is 1. The molecule has 0 spiro atoms. The fraction of sp³-hybridized carbons (Fsp3) is 0.111. The summed E-state index contributed by atoms with van der Waals surface area (Å²) in [7, 11) is 0. The van der Waals surface area contributed by atoms with Gasteiger partial charge in [0.2, 0.25) is 5.95 Å². The molecule has 10 heteroatoms. The molecule has 0 unspecified atom stereocenters. The lowest BCUT2D eigenvalue weighted by atomic mass is 10.1. The normalized spacial score (nSPS) is 11.7. The molecule has 100 valence electrons. The highest BCUT2D eigenvalue weighted by Gasteiger charge is 2.34. The van der Waals surface area contributed by atoms with Gasteiger partial charge >= 0.3 is 6.18 Å². The number of nitro groups is 1. The molecule has 0 bridgehead atoms. The number of nitrogens with zero attached hydrogens (tertiary/aromatic N) is 2. The van der Waals surface area contributed by atoms with Crippen molar-refractivity contribution >= 4 is 22.5 Å². The SMILES string of the molecule is Nc1nc2c([N+](=O)[O-])cc(C(F)(F)F)cc2c(=O)[nH]1. The van der Waals surface area contributed by atoms with E-state index < -0.39 is 44.8 Å². The second-order valence-electron chi connectivity index (χ2n) is 3.60. The number of nitrogens with two attached hydrogens (primary N) is 1. The van der Waals surface area contributed by atoms with Crippen molar-refractivity contribution in [3.63, 3.8) is 0 Å². The topological polar surface area (TPSA) is 115 Å². The fourth-order valence-corrected chi connectivity index (χ4v) is 1.54. The van der Waals surface area contributed by atoms with E-state index in [1.807, 2.05) is 4.98 Å². The van der Waals surface area contributed by atoms with E-state index in [4.69, 9.17) is 5.73 Å². The third-order valence-corrected chi connectivity index (χ3v) is 2.33. The average Bonchev–Trinajstić information content (AvgIpc) is 2.25. The van der Waals surface area contributed by atoms with Crippen molar-refractivity contribution in [3.05, 3.63) is 38.2 Å². The molecule has 0 radical (unpaired) electrons. The van der Waals surface area contributed by atoms with Crippen molar-refractivity contribution in [1.29, 1.82) is 0 Å². The second kappa shape index (κ2) is 3.93. The van der Waals surface area contributed by atoms with Crippen LogP contribution in [0.15, 0.2) is 16.9 Å². The fourth-order valence-electron chi connectivity index (χ4n) is 1.54. The smallest absolute Gasteiger partial charge is 0.369 e. The minimum atomic E-state index is -4.81. The number of aromatic nitrogens is 2. The highest BCUT2D eigenvalue weighted by Crippen LogP contribution is 2.34. The number of hydrogen-bond donors (Lipinski definition) is 2. The zero-order chi connectivity index (χ0) is 14.4. The number of rotatable bonds is 1. The van der Waals surface area contributed by atoms with Gasteiger partial charge in [0.1, 0.15) is 0 Å². The van der Waals surface area contributed by atoms with Crippen molar-refractivity contribution in [3.8, 4) is 0 Å². The van der Waals surface area contributed by atoms with Gasteiger partial charge in [-0.1, -0.05) is 0 Å². The summed E-state index contributed by atoms with van der Waals surface area (Å²) in [5.41, 5.74) is 1.51. The Morgan fingerprint density at radius 1 is 1.37 bits per heavy atom. The Morgan fingerprint density at radius 3 is 2.53 bits per heavy atom. The lowest BCUT2D eigenvalue weighted by molar-refractivity contribution is -0.383. The minimum absolute atomic E-state index is 0.314. The molecule has 2 rings (SSSR count). The molecule has 2 aromatic rings. The van der Waals surface area contributed by atoms with E-state index in [0.717, 1.165) is 0 Å². The van der Waals surface area contributed by atoms with Crippen molar-refractivity contribution in [1.82, 2.24) is 9.97 Å². The molecule has 1 heterocycles. The molecule has 0 aliphatic rings. The molecule has 19 heavy (non-hydrogen) atoms. The first-order valence-electron chi connectivity index (χ1n) is 4.75. The third-order valence-electron chi connectivity index (χ3n) is 2.33. The van der Waals surface area contributed by atoms with Gasteiger partial charge in [-0.05, 0) is 6.07 Å². The largest absolute Gasteiger partial charge is 0.416 e. The summed E-state index contributed by atoms with van der Waals surface area (Å²) in [6, 6.07) is 0.807. The maximum Gasteiger partial charge on any atom is 0.416 e. The number of non-ortho nitro benzene ring substituents is 1. The first kappa shape index (κ1) is 12.8. The molecular formula is C9H5F3N4O3. The lowest BCUT2D eigenvalue weighted by Gasteiger charge is -2.07. The Morgan fingerprint density at radius 2 is 2.00 bits per heavy atom. The summed E-state index contributed by atoms with van der Waals surface area (Å²) in [5.74, 6) is -0.416. The van der Waals surface area contributed by atoms with E-state index in [0.29, 0.717) is 12.1 Å². The molecular weight excluding hydrogens is 269 g/mol. The van der Waals surface area contributed by atoms with Gasteiger partial charge in [-0.3, -0.25) is 19.9 Å². The standard InChI is InChI=1S/C9H5F3N4O3/c10-9(11,12)3-1-4-6(5(2-3)16(18)19)14-8(13)15-7(4)17/h1-2H,(H3,13,14,15,17). The molecule has 1 aromatic heterocycles. The third kappa shape index (κ3) is 2.19. The highest BCUT2D eigenvalue weighted by atomic mass is 19.4. The van der Waals surface area contributed by atoms with Crippen LogP contribution < -0.4 is 11.3 Å². The molecule has 7 nitrogen and oxygen atoms in total. The number of anilines is 1. The lowest BCUT2D eigenvalue weighted by Crippen LogP contribution is -2.14. The molecule has 0 aliphatic carbocycles. The van der Waals surface area contributed by atoms with E-state index in [2.05, 4.69) is 4.98 Å². The second-order valence-corrected chi connectivity index (χ2v) is 3.60. The maximum absolute atomic E-state index is 12.6. The van der Waals surface area contributed by atoms with E-state index >= 15 is 0 Å². The first-order chi connectivity index (χ1) is 8.70. The zero-order valence-corrected chi connectivity index (χ0v) is 8.99. The predicted molar refractivity (Wildman–Crippen MR) is 58.4 cm³/mol. The van der Waals surface area contributed by atoms with Gasteiger partial charge in [-0.15, -0.1) is 0 Å². The molecule has 0 atom stereocenters. The Balaban J connectivity index is 2.96. The number of nitrogen functional groups attached to an aromatic ring is 1. The highest BCUT2D eigenvalue weighted by molar-refractivity contribution is 5.88. The van der Waals surface area contributed by atoms with Crippen molar-refractivity contribution in [2.75, 3.05) is 5.73 Å². The van der Waals surface area contributed by atoms with Crippen LogP contribution in [0.4, 0.5) is 24.8 Å². The van der Waals surface area contributed by atoms with Crippen LogP contribution in [0, 0.1) is 10.1 Å². The van der Waals surface area contributed by atoms with Gasteiger partial charge < -0.3 is 5.73 Å². The van der Waals surface area contributed by atoms with Crippen LogP contribution in [-0.4, -0.2) is 14.9 Å². The van der Waals surface area contributed by atoms with E-state index in [1.165, 1.54) is 0 Å². The molecule has 0 amide bonds. The van der Waals surface area contributed by atoms with Crippen molar-refractivity contribution < 1.29 is 18.1 Å². The molecule has 0 saturated carbocycles. The zero-order valence-electron chi connectivity index (χ0n) is 8.99. The van der Waals surface area contributed by atoms with Gasteiger partial charge in [-0.25, -0.2) is 4.98 Å². The monoisotopic (exact) mass is 274 g/mol.